The third-order valence-electron chi connectivity index (χ3n) is 3.77. The molecule has 0 radical (unpaired) electrons. The summed E-state index contributed by atoms with van der Waals surface area (Å²) in [4.78, 5) is 9.12. The molecule has 1 saturated carbocycles. The second-order valence-electron chi connectivity index (χ2n) is 5.02. The minimum absolute atomic E-state index is 0.529. The van der Waals surface area contributed by atoms with Gasteiger partial charge in [0.15, 0.2) is 5.82 Å². The van der Waals surface area contributed by atoms with Crippen LogP contribution in [-0.4, -0.2) is 9.97 Å². The molecule has 1 aliphatic rings. The van der Waals surface area contributed by atoms with Crippen molar-refractivity contribution in [1.82, 2.24) is 9.97 Å². The van der Waals surface area contributed by atoms with Gasteiger partial charge in [0.05, 0.1) is 11.8 Å². The summed E-state index contributed by atoms with van der Waals surface area (Å²) in [6.45, 7) is 1.91. The molecule has 2 aromatic heterocycles. The van der Waals surface area contributed by atoms with Crippen molar-refractivity contribution in [3.63, 3.8) is 0 Å². The van der Waals surface area contributed by atoms with Gasteiger partial charge in [-0.15, -0.1) is 0 Å². The van der Waals surface area contributed by atoms with Gasteiger partial charge in [-0.2, -0.15) is 0 Å². The Kier molecular flexibility index (Phi) is 3.21. The van der Waals surface area contributed by atoms with Crippen molar-refractivity contribution in [3.8, 4) is 11.4 Å². The molecule has 0 atom stereocenters. The van der Waals surface area contributed by atoms with E-state index in [4.69, 9.17) is 15.2 Å². The fourth-order valence-corrected chi connectivity index (χ4v) is 2.71. The Hall–Kier alpha value is -1.88. The van der Waals surface area contributed by atoms with Crippen LogP contribution >= 0.6 is 0 Å². The highest BCUT2D eigenvalue weighted by Crippen LogP contribution is 2.34. The molecule has 2 heterocycles. The number of rotatable bonds is 3. The van der Waals surface area contributed by atoms with Crippen LogP contribution in [0.5, 0.6) is 0 Å². The number of hydrogen-bond donors (Lipinski definition) is 2. The Balaban J connectivity index is 2.04. The highest BCUT2D eigenvalue weighted by atomic mass is 16.3. The number of hydrogen-bond acceptors (Lipinski definition) is 5. The molecule has 0 unspecified atom stereocenters. The van der Waals surface area contributed by atoms with Crippen molar-refractivity contribution < 1.29 is 4.42 Å². The van der Waals surface area contributed by atoms with E-state index < -0.39 is 0 Å². The highest BCUT2D eigenvalue weighted by molar-refractivity contribution is 5.59. The quantitative estimate of drug-likeness (QED) is 0.653. The predicted molar refractivity (Wildman–Crippen MR) is 73.5 cm³/mol. The summed E-state index contributed by atoms with van der Waals surface area (Å²) in [5.74, 6) is 8.21. The summed E-state index contributed by atoms with van der Waals surface area (Å²) in [6, 6.07) is 3.85. The minimum Gasteiger partial charge on any atom is -0.469 e. The Morgan fingerprint density at radius 2 is 2.11 bits per heavy atom. The fraction of sp³-hybridized carbons (Fsp3) is 0.429. The van der Waals surface area contributed by atoms with E-state index in [1.807, 2.05) is 19.1 Å². The maximum atomic E-state index is 5.51. The van der Waals surface area contributed by atoms with E-state index in [1.54, 1.807) is 6.26 Å². The van der Waals surface area contributed by atoms with E-state index in [-0.39, 0.29) is 0 Å². The number of nitrogens with one attached hydrogen (secondary N) is 1. The van der Waals surface area contributed by atoms with Crippen molar-refractivity contribution in [2.24, 2.45) is 5.84 Å². The zero-order chi connectivity index (χ0) is 13.2. The molecule has 0 spiro atoms. The van der Waals surface area contributed by atoms with Crippen LogP contribution in [0.2, 0.25) is 0 Å². The first-order valence-corrected chi connectivity index (χ1v) is 6.68. The van der Waals surface area contributed by atoms with Crippen molar-refractivity contribution >= 4 is 5.82 Å². The maximum Gasteiger partial charge on any atom is 0.165 e. The van der Waals surface area contributed by atoms with E-state index in [2.05, 4.69) is 10.4 Å². The lowest BCUT2D eigenvalue weighted by molar-refractivity contribution is 0.535. The molecule has 0 amide bonds. The van der Waals surface area contributed by atoms with Gasteiger partial charge in [0.2, 0.25) is 0 Å². The van der Waals surface area contributed by atoms with Crippen LogP contribution in [0.3, 0.4) is 0 Å². The molecule has 2 aromatic rings. The van der Waals surface area contributed by atoms with E-state index in [1.165, 1.54) is 25.7 Å². The number of nitrogen functional groups attached to an aromatic ring is 1. The van der Waals surface area contributed by atoms with Gasteiger partial charge in [0.1, 0.15) is 11.6 Å². The van der Waals surface area contributed by atoms with E-state index >= 15 is 0 Å². The molecular weight excluding hydrogens is 240 g/mol. The lowest BCUT2D eigenvalue weighted by atomic mass is 10.0. The largest absolute Gasteiger partial charge is 0.469 e. The van der Waals surface area contributed by atoms with Gasteiger partial charge >= 0.3 is 0 Å². The maximum absolute atomic E-state index is 5.51. The van der Waals surface area contributed by atoms with Gasteiger partial charge in [-0.1, -0.05) is 12.8 Å². The first-order valence-electron chi connectivity index (χ1n) is 6.68. The second-order valence-corrected chi connectivity index (χ2v) is 5.02. The third-order valence-corrected chi connectivity index (χ3v) is 3.77. The van der Waals surface area contributed by atoms with Crippen LogP contribution in [0.15, 0.2) is 22.8 Å². The molecule has 5 heteroatoms. The van der Waals surface area contributed by atoms with Crippen LogP contribution in [0.25, 0.3) is 11.4 Å². The fourth-order valence-electron chi connectivity index (χ4n) is 2.71. The molecule has 0 aromatic carbocycles. The van der Waals surface area contributed by atoms with Gasteiger partial charge in [-0.25, -0.2) is 15.8 Å². The summed E-state index contributed by atoms with van der Waals surface area (Å²) in [5, 5.41) is 0. The number of nitrogens with zero attached hydrogens (tertiary/aromatic N) is 2. The monoisotopic (exact) mass is 258 g/mol. The number of aromatic nitrogens is 2. The van der Waals surface area contributed by atoms with Crippen LogP contribution in [0, 0.1) is 6.92 Å². The third kappa shape index (κ3) is 2.33. The SMILES string of the molecule is Cc1occc1-c1nc(NN)cc(C2CCCC2)n1. The molecule has 3 rings (SSSR count). The Labute approximate surface area is 112 Å². The lowest BCUT2D eigenvalue weighted by Gasteiger charge is -2.11. The average Bonchev–Trinajstić information content (AvgIpc) is 3.09. The molecule has 0 aliphatic heterocycles. The van der Waals surface area contributed by atoms with Gasteiger partial charge in [-0.05, 0) is 25.8 Å². The zero-order valence-corrected chi connectivity index (χ0v) is 11.0. The number of hydrazine groups is 1. The topological polar surface area (TPSA) is 77.0 Å². The Bertz CT molecular complexity index is 573. The summed E-state index contributed by atoms with van der Waals surface area (Å²) in [6.07, 6.45) is 6.61. The normalized spacial score (nSPS) is 15.9. The predicted octanol–water partition coefficient (Wildman–Crippen LogP) is 2.99. The van der Waals surface area contributed by atoms with Crippen LogP contribution < -0.4 is 11.3 Å². The van der Waals surface area contributed by atoms with Crippen molar-refractivity contribution in [2.75, 3.05) is 5.43 Å². The molecule has 3 N–H and O–H groups in total. The van der Waals surface area contributed by atoms with Gasteiger partial charge in [-0.3, -0.25) is 0 Å². The standard InChI is InChI=1S/C14H18N4O/c1-9-11(6-7-19-9)14-16-12(8-13(17-14)18-15)10-4-2-3-5-10/h6-8,10H,2-5,15H2,1H3,(H,16,17,18). The van der Waals surface area contributed by atoms with E-state index in [0.717, 1.165) is 17.0 Å². The molecule has 1 fully saturated rings. The van der Waals surface area contributed by atoms with Gasteiger partial charge < -0.3 is 9.84 Å². The highest BCUT2D eigenvalue weighted by Gasteiger charge is 2.21. The summed E-state index contributed by atoms with van der Waals surface area (Å²) in [7, 11) is 0. The lowest BCUT2D eigenvalue weighted by Crippen LogP contribution is -2.11. The van der Waals surface area contributed by atoms with Gasteiger partial charge in [0.25, 0.3) is 0 Å². The molecule has 100 valence electrons. The Morgan fingerprint density at radius 3 is 2.74 bits per heavy atom. The second kappa shape index (κ2) is 5.01. The number of aryl methyl sites for hydroxylation is 1. The molecule has 5 nitrogen and oxygen atoms in total. The van der Waals surface area contributed by atoms with E-state index in [9.17, 15) is 0 Å². The van der Waals surface area contributed by atoms with Crippen LogP contribution in [-0.2, 0) is 0 Å². The number of nitrogens with two attached hydrogens (primary N) is 1. The Morgan fingerprint density at radius 1 is 1.32 bits per heavy atom. The molecule has 19 heavy (non-hydrogen) atoms. The summed E-state index contributed by atoms with van der Waals surface area (Å²) < 4.78 is 5.33. The smallest absolute Gasteiger partial charge is 0.165 e. The average molecular weight is 258 g/mol. The van der Waals surface area contributed by atoms with Gasteiger partial charge in [0, 0.05) is 17.7 Å². The first-order chi connectivity index (χ1) is 9.28. The molecular formula is C14H18N4O. The summed E-state index contributed by atoms with van der Waals surface area (Å²) >= 11 is 0. The van der Waals surface area contributed by atoms with Crippen molar-refractivity contribution in [3.05, 3.63) is 29.9 Å². The minimum atomic E-state index is 0.529. The number of furan rings is 1. The molecule has 0 bridgehead atoms. The van der Waals surface area contributed by atoms with E-state index in [0.29, 0.717) is 17.6 Å². The van der Waals surface area contributed by atoms with Crippen LogP contribution in [0.4, 0.5) is 5.82 Å². The zero-order valence-electron chi connectivity index (χ0n) is 11.0. The summed E-state index contributed by atoms with van der Waals surface area (Å²) in [5.41, 5.74) is 4.64. The molecule has 0 saturated heterocycles. The van der Waals surface area contributed by atoms with Crippen molar-refractivity contribution in [1.29, 1.82) is 0 Å². The molecule has 1 aliphatic carbocycles. The van der Waals surface area contributed by atoms with Crippen molar-refractivity contribution in [2.45, 2.75) is 38.5 Å². The number of anilines is 1. The first kappa shape index (κ1) is 12.2. The van der Waals surface area contributed by atoms with Crippen LogP contribution in [0.1, 0.15) is 43.1 Å².